The molecule has 6 nitrogen and oxygen atoms in total. The van der Waals surface area contributed by atoms with Crippen molar-refractivity contribution in [3.63, 3.8) is 0 Å². The molecule has 4 rings (SSSR count). The Morgan fingerprint density at radius 3 is 2.96 bits per heavy atom. The van der Waals surface area contributed by atoms with Crippen molar-refractivity contribution in [1.29, 1.82) is 0 Å². The van der Waals surface area contributed by atoms with E-state index < -0.39 is 0 Å². The van der Waals surface area contributed by atoms with Crippen molar-refractivity contribution in [3.05, 3.63) is 46.1 Å². The first-order chi connectivity index (χ1) is 11.1. The second-order valence-electron chi connectivity index (χ2n) is 4.98. The number of fused-ring (bicyclic) bond motifs is 1. The normalized spacial score (nSPS) is 17.9. The van der Waals surface area contributed by atoms with Crippen LogP contribution in [0.25, 0.3) is 16.6 Å². The van der Waals surface area contributed by atoms with E-state index in [-0.39, 0.29) is 11.9 Å². The summed E-state index contributed by atoms with van der Waals surface area (Å²) in [7, 11) is 0. The van der Waals surface area contributed by atoms with Gasteiger partial charge in [-0.2, -0.15) is 0 Å². The maximum Gasteiger partial charge on any atom is 0.338 e. The van der Waals surface area contributed by atoms with Crippen molar-refractivity contribution in [2.24, 2.45) is 0 Å². The predicted molar refractivity (Wildman–Crippen MR) is 88.5 cm³/mol. The van der Waals surface area contributed by atoms with Crippen molar-refractivity contribution in [2.45, 2.75) is 6.61 Å². The van der Waals surface area contributed by atoms with E-state index in [0.29, 0.717) is 23.0 Å². The second kappa shape index (κ2) is 5.25. The average molecular weight is 343 g/mol. The molecule has 1 amide bonds. The number of cyclic esters (lactones) is 1. The highest BCUT2D eigenvalue weighted by Crippen LogP contribution is 2.30. The lowest BCUT2D eigenvalue weighted by molar-refractivity contribution is -0.115. The predicted octanol–water partition coefficient (Wildman–Crippen LogP) is 1.83. The molecule has 0 aliphatic carbocycles. The molecule has 0 atom stereocenters. The Hall–Kier alpha value is -2.58. The van der Waals surface area contributed by atoms with E-state index in [1.165, 1.54) is 11.3 Å². The number of benzene rings is 1. The van der Waals surface area contributed by atoms with Gasteiger partial charge in [-0.25, -0.2) is 9.78 Å². The molecule has 0 bridgehead atoms. The number of nitrogens with zero attached hydrogens (tertiary/aromatic N) is 1. The van der Waals surface area contributed by atoms with E-state index in [4.69, 9.17) is 17.0 Å². The van der Waals surface area contributed by atoms with Crippen molar-refractivity contribution >= 4 is 46.6 Å². The fraction of sp³-hybridized carbons (Fsp3) is 0.0667. The van der Waals surface area contributed by atoms with E-state index >= 15 is 0 Å². The molecular weight excluding hydrogens is 334 g/mol. The third-order valence-electron chi connectivity index (χ3n) is 3.46. The number of hydrogen-bond donors (Lipinski definition) is 2. The van der Waals surface area contributed by atoms with Crippen LogP contribution in [0, 0.1) is 0 Å². The lowest BCUT2D eigenvalue weighted by Gasteiger charge is -1.98. The molecule has 23 heavy (non-hydrogen) atoms. The van der Waals surface area contributed by atoms with Gasteiger partial charge in [0.05, 0.1) is 5.56 Å². The fourth-order valence-corrected chi connectivity index (χ4v) is 3.44. The number of esters is 1. The second-order valence-corrected chi connectivity index (χ2v) is 6.45. The quantitative estimate of drug-likeness (QED) is 0.492. The van der Waals surface area contributed by atoms with E-state index in [0.717, 1.165) is 21.0 Å². The van der Waals surface area contributed by atoms with Gasteiger partial charge in [0.1, 0.15) is 17.3 Å². The van der Waals surface area contributed by atoms with Gasteiger partial charge in [0.25, 0.3) is 5.91 Å². The summed E-state index contributed by atoms with van der Waals surface area (Å²) in [6.07, 6.45) is 3.40. The molecule has 2 aliphatic rings. The van der Waals surface area contributed by atoms with Crippen LogP contribution >= 0.6 is 23.6 Å². The summed E-state index contributed by atoms with van der Waals surface area (Å²) in [6.45, 7) is 0.297. The zero-order valence-corrected chi connectivity index (χ0v) is 13.2. The largest absolute Gasteiger partial charge is 0.457 e. The third-order valence-corrected chi connectivity index (χ3v) is 4.66. The summed E-state index contributed by atoms with van der Waals surface area (Å²) in [4.78, 5) is 28.3. The minimum absolute atomic E-state index is 0.252. The highest BCUT2D eigenvalue weighted by molar-refractivity contribution is 7.80. The molecule has 2 aliphatic heterocycles. The van der Waals surface area contributed by atoms with Gasteiger partial charge in [0.15, 0.2) is 5.11 Å². The first kappa shape index (κ1) is 14.0. The zero-order valence-electron chi connectivity index (χ0n) is 11.6. The lowest BCUT2D eigenvalue weighted by atomic mass is 10.1. The molecule has 1 fully saturated rings. The van der Waals surface area contributed by atoms with Gasteiger partial charge >= 0.3 is 5.97 Å². The Labute approximate surface area is 140 Å². The first-order valence-corrected chi connectivity index (χ1v) is 7.93. The van der Waals surface area contributed by atoms with Crippen molar-refractivity contribution in [1.82, 2.24) is 15.6 Å². The van der Waals surface area contributed by atoms with Crippen LogP contribution in [0.2, 0.25) is 0 Å². The van der Waals surface area contributed by atoms with Crippen molar-refractivity contribution in [2.75, 3.05) is 0 Å². The molecule has 2 N–H and O–H groups in total. The Bertz CT molecular complexity index is 901. The van der Waals surface area contributed by atoms with Crippen LogP contribution in [-0.2, 0) is 16.1 Å². The molecule has 0 spiro atoms. The lowest BCUT2D eigenvalue weighted by Crippen LogP contribution is -2.21. The van der Waals surface area contributed by atoms with Gasteiger partial charge in [-0.15, -0.1) is 11.3 Å². The van der Waals surface area contributed by atoms with Gasteiger partial charge in [-0.3, -0.25) is 10.1 Å². The maximum absolute atomic E-state index is 11.6. The SMILES string of the molecule is O=C1NC(=S)N/C1=C\c1cnc(-c2ccc3c(c2)COC3=O)s1. The van der Waals surface area contributed by atoms with Crippen LogP contribution in [0.5, 0.6) is 0 Å². The topological polar surface area (TPSA) is 80.3 Å². The molecule has 114 valence electrons. The average Bonchev–Trinajstić information content (AvgIpc) is 3.21. The number of hydrogen-bond acceptors (Lipinski definition) is 6. The number of carbonyl (C=O) groups is 2. The number of carbonyl (C=O) groups excluding carboxylic acids is 2. The molecular formula is C15H9N3O3S2. The number of nitrogens with one attached hydrogen (secondary N) is 2. The summed E-state index contributed by atoms with van der Waals surface area (Å²) >= 11 is 6.34. The number of thiocarbonyl (C=S) groups is 1. The summed E-state index contributed by atoms with van der Waals surface area (Å²) in [5.41, 5.74) is 2.78. The Morgan fingerprint density at radius 2 is 2.17 bits per heavy atom. The highest BCUT2D eigenvalue weighted by Gasteiger charge is 2.22. The summed E-state index contributed by atoms with van der Waals surface area (Å²) in [5.74, 6) is -0.538. The van der Waals surface area contributed by atoms with Gasteiger partial charge in [-0.1, -0.05) is 6.07 Å². The summed E-state index contributed by atoms with van der Waals surface area (Å²) < 4.78 is 5.00. The van der Waals surface area contributed by atoms with Crippen LogP contribution < -0.4 is 10.6 Å². The van der Waals surface area contributed by atoms with Crippen LogP contribution in [0.4, 0.5) is 0 Å². The number of amides is 1. The van der Waals surface area contributed by atoms with Crippen LogP contribution in [0.3, 0.4) is 0 Å². The van der Waals surface area contributed by atoms with E-state index in [1.54, 1.807) is 18.3 Å². The zero-order chi connectivity index (χ0) is 16.0. The van der Waals surface area contributed by atoms with Crippen molar-refractivity contribution < 1.29 is 14.3 Å². The first-order valence-electron chi connectivity index (χ1n) is 6.70. The van der Waals surface area contributed by atoms with Gasteiger partial charge in [-0.05, 0) is 30.4 Å². The molecule has 1 aromatic heterocycles. The number of aromatic nitrogens is 1. The van der Waals surface area contributed by atoms with Gasteiger partial charge in [0.2, 0.25) is 0 Å². The van der Waals surface area contributed by atoms with Gasteiger partial charge in [0, 0.05) is 22.2 Å². The summed E-state index contributed by atoms with van der Waals surface area (Å²) in [6, 6.07) is 5.51. The van der Waals surface area contributed by atoms with E-state index in [9.17, 15) is 9.59 Å². The molecule has 2 aromatic rings. The minimum Gasteiger partial charge on any atom is -0.457 e. The van der Waals surface area contributed by atoms with Gasteiger partial charge < -0.3 is 10.1 Å². The molecule has 8 heteroatoms. The highest BCUT2D eigenvalue weighted by atomic mass is 32.1. The fourth-order valence-electron chi connectivity index (χ4n) is 2.38. The van der Waals surface area contributed by atoms with Crippen molar-refractivity contribution in [3.8, 4) is 10.6 Å². The number of rotatable bonds is 2. The molecule has 0 saturated carbocycles. The standard InChI is InChI=1S/C15H9N3O3S2/c19-12-11(17-15(22)18-12)4-9-5-16-13(23-9)7-1-2-10-8(3-7)6-21-14(10)20/h1-5H,6H2,(H2,17,18,19,22)/b11-4-. The smallest absolute Gasteiger partial charge is 0.338 e. The molecule has 0 unspecified atom stereocenters. The molecule has 0 radical (unpaired) electrons. The number of thiazole rings is 1. The Kier molecular flexibility index (Phi) is 3.21. The maximum atomic E-state index is 11.6. The van der Waals surface area contributed by atoms with Crippen LogP contribution in [0.15, 0.2) is 30.1 Å². The summed E-state index contributed by atoms with van der Waals surface area (Å²) in [5, 5.41) is 6.41. The van der Waals surface area contributed by atoms with E-state index in [2.05, 4.69) is 15.6 Å². The Balaban J connectivity index is 1.64. The van der Waals surface area contributed by atoms with Crippen LogP contribution in [-0.4, -0.2) is 22.0 Å². The number of ether oxygens (including phenoxy) is 1. The third kappa shape index (κ3) is 2.51. The monoisotopic (exact) mass is 343 g/mol. The minimum atomic E-state index is -0.287. The molecule has 3 heterocycles. The molecule has 1 aromatic carbocycles. The Morgan fingerprint density at radius 1 is 1.30 bits per heavy atom. The molecule has 1 saturated heterocycles. The van der Waals surface area contributed by atoms with Crippen LogP contribution in [0.1, 0.15) is 20.8 Å². The van der Waals surface area contributed by atoms with E-state index in [1.807, 2.05) is 12.1 Å².